The molecule has 0 unspecified atom stereocenters. The van der Waals surface area contributed by atoms with Gasteiger partial charge < -0.3 is 24.7 Å². The van der Waals surface area contributed by atoms with E-state index in [2.05, 4.69) is 26.6 Å². The van der Waals surface area contributed by atoms with Gasteiger partial charge in [0.1, 0.15) is 16.5 Å². The lowest BCUT2D eigenvalue weighted by molar-refractivity contribution is -0.136. The lowest BCUT2D eigenvalue weighted by Gasteiger charge is -2.35. The fourth-order valence-corrected chi connectivity index (χ4v) is 8.07. The molecule has 2 saturated heterocycles. The molecular formula is C28H36BrN5O5S. The second-order valence-corrected chi connectivity index (χ2v) is 13.3. The lowest BCUT2D eigenvalue weighted by Crippen LogP contribution is -2.47. The summed E-state index contributed by atoms with van der Waals surface area (Å²) in [4.78, 5) is 20.7. The highest BCUT2D eigenvalue weighted by molar-refractivity contribution is 9.10. The van der Waals surface area contributed by atoms with Gasteiger partial charge in [-0.25, -0.2) is 13.4 Å². The van der Waals surface area contributed by atoms with Gasteiger partial charge in [-0.3, -0.25) is 4.79 Å². The Bertz CT molecular complexity index is 1480. The Kier molecular flexibility index (Phi) is 8.81. The van der Waals surface area contributed by atoms with Crippen LogP contribution in [-0.2, 0) is 26.1 Å². The third-order valence-corrected chi connectivity index (χ3v) is 10.3. The maximum Gasteiger partial charge on any atom is 0.246 e. The van der Waals surface area contributed by atoms with Crippen molar-refractivity contribution in [3.63, 3.8) is 0 Å². The van der Waals surface area contributed by atoms with Crippen LogP contribution in [0.4, 0.5) is 0 Å². The largest absolute Gasteiger partial charge is 0.495 e. The number of carbonyl (C=O) groups excluding carboxylic acids is 1. The van der Waals surface area contributed by atoms with Gasteiger partial charge in [-0.05, 0) is 49.6 Å². The number of nitrogens with two attached hydrogens (primary N) is 1. The van der Waals surface area contributed by atoms with Crippen molar-refractivity contribution in [2.45, 2.75) is 42.7 Å². The van der Waals surface area contributed by atoms with E-state index in [0.717, 1.165) is 42.7 Å². The smallest absolute Gasteiger partial charge is 0.246 e. The number of imidazole rings is 1. The number of hydrogen-bond donors (Lipinski definition) is 1. The highest BCUT2D eigenvalue weighted by atomic mass is 79.9. The van der Waals surface area contributed by atoms with Gasteiger partial charge in [-0.1, -0.05) is 28.1 Å². The molecule has 0 aliphatic carbocycles. The standard InChI is InChI=1S/C28H36BrN5O5S/c1-38-14-6-13-34-24-9-4-3-8-23(24)31-27(34)19-7-5-12-32(16-19)28(35)21-17-33(18-22(21)30)40(36,37)26-15-20(29)10-11-25(26)39-2/h3-4,8-11,15,19,21-22H,5-7,12-14,16-18,30H2,1-2H3/t19-,21-,22-/m1/s1. The van der Waals surface area contributed by atoms with Crippen molar-refractivity contribution >= 4 is 42.9 Å². The summed E-state index contributed by atoms with van der Waals surface area (Å²) in [6.45, 7) is 2.70. The van der Waals surface area contributed by atoms with Gasteiger partial charge in [0.15, 0.2) is 0 Å². The summed E-state index contributed by atoms with van der Waals surface area (Å²) in [5.74, 6) is 0.594. The third-order valence-electron chi connectivity index (χ3n) is 7.90. The van der Waals surface area contributed by atoms with Crippen LogP contribution in [0.2, 0.25) is 0 Å². The van der Waals surface area contributed by atoms with E-state index in [-0.39, 0.29) is 35.6 Å². The Morgan fingerprint density at radius 1 is 1.15 bits per heavy atom. The van der Waals surface area contributed by atoms with E-state index in [9.17, 15) is 13.2 Å². The van der Waals surface area contributed by atoms with Crippen LogP contribution >= 0.6 is 15.9 Å². The number of fused-ring (bicyclic) bond motifs is 1. The highest BCUT2D eigenvalue weighted by Gasteiger charge is 2.44. The zero-order valence-electron chi connectivity index (χ0n) is 22.8. The molecule has 2 fully saturated rings. The molecule has 2 N–H and O–H groups in total. The number of rotatable bonds is 9. The van der Waals surface area contributed by atoms with E-state index in [4.69, 9.17) is 20.2 Å². The number of benzene rings is 2. The summed E-state index contributed by atoms with van der Waals surface area (Å²) in [5.41, 5.74) is 8.45. The zero-order valence-corrected chi connectivity index (χ0v) is 25.2. The van der Waals surface area contributed by atoms with E-state index < -0.39 is 22.0 Å². The van der Waals surface area contributed by atoms with Crippen LogP contribution in [-0.4, -0.2) is 86.1 Å². The summed E-state index contributed by atoms with van der Waals surface area (Å²) in [5, 5.41) is 0. The molecule has 1 amide bonds. The number of aryl methyl sites for hydroxylation is 1. The number of sulfonamides is 1. The molecule has 3 aromatic rings. The minimum Gasteiger partial charge on any atom is -0.495 e. The second kappa shape index (κ2) is 12.2. The van der Waals surface area contributed by atoms with Gasteiger partial charge in [-0.2, -0.15) is 4.31 Å². The second-order valence-electron chi connectivity index (χ2n) is 10.5. The lowest BCUT2D eigenvalue weighted by atomic mass is 9.94. The molecule has 216 valence electrons. The molecular weight excluding hydrogens is 598 g/mol. The molecule has 2 aliphatic rings. The van der Waals surface area contributed by atoms with E-state index in [1.54, 1.807) is 19.2 Å². The predicted molar refractivity (Wildman–Crippen MR) is 156 cm³/mol. The fraction of sp³-hybridized carbons (Fsp3) is 0.500. The molecule has 0 radical (unpaired) electrons. The zero-order chi connectivity index (χ0) is 28.4. The van der Waals surface area contributed by atoms with Crippen molar-refractivity contribution in [2.75, 3.05) is 47.0 Å². The van der Waals surface area contributed by atoms with Crippen LogP contribution < -0.4 is 10.5 Å². The first-order chi connectivity index (χ1) is 19.2. The van der Waals surface area contributed by atoms with Crippen LogP contribution in [0.1, 0.15) is 31.0 Å². The summed E-state index contributed by atoms with van der Waals surface area (Å²) < 4.78 is 41.9. The number of para-hydroxylation sites is 2. The normalized spacial score (nSPS) is 22.2. The van der Waals surface area contributed by atoms with Gasteiger partial charge in [0.25, 0.3) is 0 Å². The number of likely N-dealkylation sites (tertiary alicyclic amines) is 1. The minimum absolute atomic E-state index is 0.0364. The topological polar surface area (TPSA) is 120 Å². The Labute approximate surface area is 243 Å². The number of amides is 1. The number of nitrogens with zero attached hydrogens (tertiary/aromatic N) is 4. The fourth-order valence-electron chi connectivity index (χ4n) is 5.87. The van der Waals surface area contributed by atoms with Crippen molar-refractivity contribution in [3.8, 4) is 5.75 Å². The Hall–Kier alpha value is -2.51. The van der Waals surface area contributed by atoms with Gasteiger partial charge in [0.05, 0.1) is 24.1 Å². The van der Waals surface area contributed by atoms with E-state index in [0.29, 0.717) is 24.2 Å². The van der Waals surface area contributed by atoms with E-state index >= 15 is 0 Å². The maximum atomic E-state index is 13.8. The molecule has 40 heavy (non-hydrogen) atoms. The first-order valence-corrected chi connectivity index (χ1v) is 15.8. The van der Waals surface area contributed by atoms with Gasteiger partial charge in [0, 0.05) is 62.9 Å². The van der Waals surface area contributed by atoms with Crippen molar-refractivity contribution in [2.24, 2.45) is 11.7 Å². The number of halogens is 1. The third kappa shape index (κ3) is 5.64. The Morgan fingerprint density at radius 3 is 2.73 bits per heavy atom. The van der Waals surface area contributed by atoms with Crippen molar-refractivity contribution < 1.29 is 22.7 Å². The van der Waals surface area contributed by atoms with Gasteiger partial charge in [0.2, 0.25) is 15.9 Å². The number of methoxy groups -OCH3 is 2. The summed E-state index contributed by atoms with van der Waals surface area (Å²) in [7, 11) is -0.781. The van der Waals surface area contributed by atoms with Crippen LogP contribution in [0.15, 0.2) is 51.8 Å². The predicted octanol–water partition coefficient (Wildman–Crippen LogP) is 3.20. The first kappa shape index (κ1) is 29.0. The SMILES string of the molecule is COCCCn1c([C@@H]2CCCN(C(=O)[C@@H]3CN(S(=O)(=O)c4cc(Br)ccc4OC)C[C@H]3N)C2)nc2ccccc21. The van der Waals surface area contributed by atoms with Crippen LogP contribution in [0.3, 0.4) is 0 Å². The van der Waals surface area contributed by atoms with Crippen LogP contribution in [0, 0.1) is 5.92 Å². The van der Waals surface area contributed by atoms with Gasteiger partial charge >= 0.3 is 0 Å². The maximum absolute atomic E-state index is 13.8. The van der Waals surface area contributed by atoms with E-state index in [1.807, 2.05) is 23.1 Å². The molecule has 2 aliphatic heterocycles. The molecule has 0 saturated carbocycles. The summed E-state index contributed by atoms with van der Waals surface area (Å²) in [6, 6.07) is 12.3. The quantitative estimate of drug-likeness (QED) is 0.359. The first-order valence-electron chi connectivity index (χ1n) is 13.6. The van der Waals surface area contributed by atoms with Crippen molar-refractivity contribution in [1.29, 1.82) is 0 Å². The van der Waals surface area contributed by atoms with Crippen molar-refractivity contribution in [1.82, 2.24) is 18.8 Å². The molecule has 3 heterocycles. The molecule has 10 nitrogen and oxygen atoms in total. The van der Waals surface area contributed by atoms with Crippen LogP contribution in [0.5, 0.6) is 5.75 Å². The van der Waals surface area contributed by atoms with Crippen LogP contribution in [0.25, 0.3) is 11.0 Å². The Balaban J connectivity index is 1.34. The minimum atomic E-state index is -3.92. The molecule has 5 rings (SSSR count). The average molecular weight is 635 g/mol. The number of ether oxygens (including phenoxy) is 2. The molecule has 3 atom stereocenters. The molecule has 12 heteroatoms. The molecule has 1 aromatic heterocycles. The van der Waals surface area contributed by atoms with Crippen molar-refractivity contribution in [3.05, 3.63) is 52.8 Å². The average Bonchev–Trinajstić information content (AvgIpc) is 3.54. The highest BCUT2D eigenvalue weighted by Crippen LogP contribution is 2.34. The molecule has 2 aromatic carbocycles. The molecule has 0 bridgehead atoms. The number of hydrogen-bond acceptors (Lipinski definition) is 7. The number of piperidine rings is 1. The van der Waals surface area contributed by atoms with Gasteiger partial charge in [-0.15, -0.1) is 0 Å². The number of carbonyl (C=O) groups is 1. The monoisotopic (exact) mass is 633 g/mol. The summed E-state index contributed by atoms with van der Waals surface area (Å²) in [6.07, 6.45) is 2.64. The Morgan fingerprint density at radius 2 is 1.95 bits per heavy atom. The number of aromatic nitrogens is 2. The van der Waals surface area contributed by atoms with E-state index in [1.165, 1.54) is 17.5 Å². The summed E-state index contributed by atoms with van der Waals surface area (Å²) >= 11 is 3.35. The molecule has 0 spiro atoms.